The number of hydrogen-bond donors (Lipinski definition) is 2. The van der Waals surface area contributed by atoms with Gasteiger partial charge in [0.2, 0.25) is 11.8 Å². The van der Waals surface area contributed by atoms with Crippen LogP contribution >= 0.6 is 0 Å². The normalized spacial score (nSPS) is 16.7. The van der Waals surface area contributed by atoms with E-state index >= 15 is 0 Å². The van der Waals surface area contributed by atoms with Crippen molar-refractivity contribution < 1.29 is 14.0 Å². The Labute approximate surface area is 143 Å². The van der Waals surface area contributed by atoms with Crippen LogP contribution in [0.4, 0.5) is 10.1 Å². The van der Waals surface area contributed by atoms with Crippen LogP contribution < -0.4 is 10.6 Å². The predicted molar refractivity (Wildman–Crippen MR) is 93.0 cm³/mol. The van der Waals surface area contributed by atoms with Gasteiger partial charge in [-0.05, 0) is 37.3 Å². The van der Waals surface area contributed by atoms with Crippen LogP contribution in [0, 0.1) is 17.7 Å². The molecule has 0 saturated heterocycles. The molecule has 2 amide bonds. The van der Waals surface area contributed by atoms with Crippen LogP contribution in [-0.2, 0) is 9.59 Å². The molecule has 24 heavy (non-hydrogen) atoms. The summed E-state index contributed by atoms with van der Waals surface area (Å²) in [5.41, 5.74) is 0.142. The molecule has 2 rings (SSSR count). The number of anilines is 1. The second-order valence-electron chi connectivity index (χ2n) is 6.99. The molecular weight excluding hydrogens is 307 g/mol. The molecule has 1 aromatic rings. The summed E-state index contributed by atoms with van der Waals surface area (Å²) in [6.45, 7) is 3.99. The molecule has 1 unspecified atom stereocenters. The van der Waals surface area contributed by atoms with Gasteiger partial charge in [0.15, 0.2) is 0 Å². The largest absolute Gasteiger partial charge is 0.344 e. The molecule has 1 saturated carbocycles. The second kappa shape index (κ2) is 8.81. The summed E-state index contributed by atoms with van der Waals surface area (Å²) in [6.07, 6.45) is 5.60. The molecule has 132 valence electrons. The summed E-state index contributed by atoms with van der Waals surface area (Å²) in [6, 6.07) is 5.41. The van der Waals surface area contributed by atoms with Crippen LogP contribution in [0.25, 0.3) is 0 Å². The van der Waals surface area contributed by atoms with Crippen LogP contribution in [0.5, 0.6) is 0 Å². The highest BCUT2D eigenvalue weighted by molar-refractivity contribution is 5.97. The number of carbonyl (C=O) groups excluding carboxylic acids is 2. The minimum Gasteiger partial charge on any atom is -0.344 e. The molecule has 1 aliphatic carbocycles. The minimum atomic E-state index is -0.640. The Morgan fingerprint density at radius 3 is 2.46 bits per heavy atom. The average molecular weight is 334 g/mol. The van der Waals surface area contributed by atoms with E-state index in [0.717, 1.165) is 25.7 Å². The number of para-hydroxylation sites is 1. The third-order valence-electron chi connectivity index (χ3n) is 4.45. The van der Waals surface area contributed by atoms with E-state index < -0.39 is 11.9 Å². The van der Waals surface area contributed by atoms with Crippen LogP contribution in [0.1, 0.15) is 52.4 Å². The molecule has 4 nitrogen and oxygen atoms in total. The fourth-order valence-corrected chi connectivity index (χ4v) is 3.14. The highest BCUT2D eigenvalue weighted by Gasteiger charge is 2.27. The molecule has 5 heteroatoms. The van der Waals surface area contributed by atoms with Crippen molar-refractivity contribution in [2.45, 2.75) is 58.4 Å². The van der Waals surface area contributed by atoms with Crippen molar-refractivity contribution >= 4 is 17.5 Å². The van der Waals surface area contributed by atoms with E-state index in [1.54, 1.807) is 12.1 Å². The summed E-state index contributed by atoms with van der Waals surface area (Å²) in [4.78, 5) is 25.0. The molecule has 1 aromatic carbocycles. The molecule has 1 fully saturated rings. The summed E-state index contributed by atoms with van der Waals surface area (Å²) < 4.78 is 13.7. The summed E-state index contributed by atoms with van der Waals surface area (Å²) >= 11 is 0. The Hall–Kier alpha value is -1.91. The number of benzene rings is 1. The van der Waals surface area contributed by atoms with Gasteiger partial charge < -0.3 is 10.6 Å². The SMILES string of the molecule is CC(C)CC(NC(=O)C1CCCCC1)C(=O)Nc1ccccc1F. The molecule has 0 spiro atoms. The predicted octanol–water partition coefficient (Wildman–Crippen LogP) is 3.88. The van der Waals surface area contributed by atoms with E-state index in [1.807, 2.05) is 13.8 Å². The first kappa shape index (κ1) is 18.4. The van der Waals surface area contributed by atoms with Crippen LogP contribution in [0.3, 0.4) is 0 Å². The third-order valence-corrected chi connectivity index (χ3v) is 4.45. The summed E-state index contributed by atoms with van der Waals surface area (Å²) in [5.74, 6) is -0.655. The van der Waals surface area contributed by atoms with Gasteiger partial charge in [-0.3, -0.25) is 9.59 Å². The molecule has 0 radical (unpaired) electrons. The van der Waals surface area contributed by atoms with Crippen LogP contribution in [0.15, 0.2) is 24.3 Å². The molecular formula is C19H27FN2O2. The van der Waals surface area contributed by atoms with Gasteiger partial charge in [-0.2, -0.15) is 0 Å². The first-order chi connectivity index (χ1) is 11.5. The Bertz CT molecular complexity index is 568. The molecule has 0 bridgehead atoms. The van der Waals surface area contributed by atoms with E-state index in [9.17, 15) is 14.0 Å². The zero-order chi connectivity index (χ0) is 17.5. The zero-order valence-corrected chi connectivity index (χ0v) is 14.5. The smallest absolute Gasteiger partial charge is 0.247 e. The number of halogens is 1. The number of amides is 2. The van der Waals surface area contributed by atoms with Crippen molar-refractivity contribution in [3.8, 4) is 0 Å². The summed E-state index contributed by atoms with van der Waals surface area (Å²) in [5, 5.41) is 5.48. The number of carbonyl (C=O) groups is 2. The van der Waals surface area contributed by atoms with Crippen molar-refractivity contribution in [1.29, 1.82) is 0 Å². The number of hydrogen-bond acceptors (Lipinski definition) is 2. The van der Waals surface area contributed by atoms with Crippen molar-refractivity contribution in [2.75, 3.05) is 5.32 Å². The topological polar surface area (TPSA) is 58.2 Å². The zero-order valence-electron chi connectivity index (χ0n) is 14.5. The lowest BCUT2D eigenvalue weighted by molar-refractivity contribution is -0.130. The van der Waals surface area contributed by atoms with Gasteiger partial charge in [0.25, 0.3) is 0 Å². The van der Waals surface area contributed by atoms with Crippen molar-refractivity contribution in [3.63, 3.8) is 0 Å². The van der Waals surface area contributed by atoms with Gasteiger partial charge in [-0.25, -0.2) is 4.39 Å². The first-order valence-corrected chi connectivity index (χ1v) is 8.83. The molecule has 0 heterocycles. The van der Waals surface area contributed by atoms with E-state index in [2.05, 4.69) is 10.6 Å². The van der Waals surface area contributed by atoms with Crippen LogP contribution in [0.2, 0.25) is 0 Å². The minimum absolute atomic E-state index is 0.00493. The highest BCUT2D eigenvalue weighted by Crippen LogP contribution is 2.24. The maximum absolute atomic E-state index is 13.7. The maximum Gasteiger partial charge on any atom is 0.247 e. The molecule has 0 aromatic heterocycles. The Morgan fingerprint density at radius 2 is 1.83 bits per heavy atom. The fourth-order valence-electron chi connectivity index (χ4n) is 3.14. The van der Waals surface area contributed by atoms with Crippen molar-refractivity contribution in [2.24, 2.45) is 11.8 Å². The van der Waals surface area contributed by atoms with E-state index in [4.69, 9.17) is 0 Å². The maximum atomic E-state index is 13.7. The Morgan fingerprint density at radius 1 is 1.17 bits per heavy atom. The van der Waals surface area contributed by atoms with E-state index in [0.29, 0.717) is 6.42 Å². The Kier molecular flexibility index (Phi) is 6.76. The van der Waals surface area contributed by atoms with Gasteiger partial charge in [0.1, 0.15) is 11.9 Å². The number of rotatable bonds is 6. The lowest BCUT2D eigenvalue weighted by Gasteiger charge is -2.25. The standard InChI is InChI=1S/C19H27FN2O2/c1-13(2)12-17(22-18(23)14-8-4-3-5-9-14)19(24)21-16-11-7-6-10-15(16)20/h6-7,10-11,13-14,17H,3-5,8-9,12H2,1-2H3,(H,21,24)(H,22,23). The lowest BCUT2D eigenvalue weighted by Crippen LogP contribution is -2.47. The first-order valence-electron chi connectivity index (χ1n) is 8.83. The monoisotopic (exact) mass is 334 g/mol. The van der Waals surface area contributed by atoms with E-state index in [-0.39, 0.29) is 29.3 Å². The van der Waals surface area contributed by atoms with Gasteiger partial charge in [-0.1, -0.05) is 45.2 Å². The second-order valence-corrected chi connectivity index (χ2v) is 6.99. The van der Waals surface area contributed by atoms with E-state index in [1.165, 1.54) is 18.6 Å². The number of nitrogens with one attached hydrogen (secondary N) is 2. The van der Waals surface area contributed by atoms with Gasteiger partial charge >= 0.3 is 0 Å². The van der Waals surface area contributed by atoms with Gasteiger partial charge in [-0.15, -0.1) is 0 Å². The van der Waals surface area contributed by atoms with Crippen LogP contribution in [-0.4, -0.2) is 17.9 Å². The summed E-state index contributed by atoms with van der Waals surface area (Å²) in [7, 11) is 0. The molecule has 1 aliphatic rings. The quantitative estimate of drug-likeness (QED) is 0.829. The van der Waals surface area contributed by atoms with Crippen molar-refractivity contribution in [1.82, 2.24) is 5.32 Å². The average Bonchev–Trinajstić information content (AvgIpc) is 2.56. The molecule has 1 atom stereocenters. The Balaban J connectivity index is 2.02. The molecule has 0 aliphatic heterocycles. The fraction of sp³-hybridized carbons (Fsp3) is 0.579. The van der Waals surface area contributed by atoms with Gasteiger partial charge in [0, 0.05) is 5.92 Å². The lowest BCUT2D eigenvalue weighted by atomic mass is 9.88. The van der Waals surface area contributed by atoms with Gasteiger partial charge in [0.05, 0.1) is 5.69 Å². The highest BCUT2D eigenvalue weighted by atomic mass is 19.1. The third kappa shape index (κ3) is 5.32. The molecule has 2 N–H and O–H groups in total. The van der Waals surface area contributed by atoms with Crippen molar-refractivity contribution in [3.05, 3.63) is 30.1 Å².